The number of nitrogens with one attached hydrogen (secondary N) is 2. The van der Waals surface area contributed by atoms with Crippen LogP contribution in [0.3, 0.4) is 0 Å². The van der Waals surface area contributed by atoms with Gasteiger partial charge in [-0.25, -0.2) is 4.98 Å². The third-order valence-corrected chi connectivity index (χ3v) is 8.36. The number of fused-ring (bicyclic) bond motifs is 1. The van der Waals surface area contributed by atoms with Crippen LogP contribution in [0.5, 0.6) is 0 Å². The van der Waals surface area contributed by atoms with E-state index in [9.17, 15) is 9.59 Å². The Bertz CT molecular complexity index is 1260. The van der Waals surface area contributed by atoms with Gasteiger partial charge in [-0.2, -0.15) is 0 Å². The second-order valence-corrected chi connectivity index (χ2v) is 10.7. The number of hydrogen-bond donors (Lipinski definition) is 2. The van der Waals surface area contributed by atoms with Crippen LogP contribution in [0.4, 0.5) is 0 Å². The predicted molar refractivity (Wildman–Crippen MR) is 147 cm³/mol. The monoisotopic (exact) mass is 501 g/mol. The van der Waals surface area contributed by atoms with Gasteiger partial charge in [-0.15, -0.1) is 0 Å². The first kappa shape index (κ1) is 25.5. The summed E-state index contributed by atoms with van der Waals surface area (Å²) in [6, 6.07) is 11.7. The summed E-state index contributed by atoms with van der Waals surface area (Å²) in [6.45, 7) is 4.67. The van der Waals surface area contributed by atoms with Crippen LogP contribution >= 0.6 is 0 Å². The van der Waals surface area contributed by atoms with E-state index in [1.54, 1.807) is 7.05 Å². The minimum absolute atomic E-state index is 0.0121. The van der Waals surface area contributed by atoms with Crippen molar-refractivity contribution in [2.24, 2.45) is 5.92 Å². The molecule has 2 N–H and O–H groups in total. The van der Waals surface area contributed by atoms with Gasteiger partial charge < -0.3 is 20.1 Å². The molecule has 7 heteroatoms. The average molecular weight is 502 g/mol. The van der Waals surface area contributed by atoms with Gasteiger partial charge in [0.25, 0.3) is 0 Å². The number of para-hydroxylation sites is 1. The zero-order chi connectivity index (χ0) is 25.9. The van der Waals surface area contributed by atoms with Crippen LogP contribution in [-0.4, -0.2) is 51.9 Å². The molecule has 37 heavy (non-hydrogen) atoms. The Morgan fingerprint density at radius 3 is 2.62 bits per heavy atom. The first-order chi connectivity index (χ1) is 18.0. The maximum atomic E-state index is 14.1. The van der Waals surface area contributed by atoms with Crippen LogP contribution in [0.15, 0.2) is 48.8 Å². The molecule has 2 aliphatic rings. The van der Waals surface area contributed by atoms with Crippen molar-refractivity contribution in [2.75, 3.05) is 13.6 Å². The van der Waals surface area contributed by atoms with E-state index in [1.807, 2.05) is 30.2 Å². The molecule has 1 aliphatic heterocycles. The molecule has 196 valence electrons. The number of amides is 2. The van der Waals surface area contributed by atoms with Gasteiger partial charge in [-0.3, -0.25) is 9.59 Å². The molecule has 0 spiro atoms. The summed E-state index contributed by atoms with van der Waals surface area (Å²) in [5.74, 6) is 1.01. The second kappa shape index (κ2) is 11.1. The molecule has 1 aromatic carbocycles. The van der Waals surface area contributed by atoms with Crippen molar-refractivity contribution >= 4 is 22.7 Å². The molecule has 0 bridgehead atoms. The summed E-state index contributed by atoms with van der Waals surface area (Å²) in [7, 11) is 1.77. The number of benzene rings is 1. The van der Waals surface area contributed by atoms with Gasteiger partial charge in [-0.1, -0.05) is 37.5 Å². The number of nitrogens with zero attached hydrogens (tertiary/aromatic N) is 3. The maximum absolute atomic E-state index is 14.1. The zero-order valence-electron chi connectivity index (χ0n) is 22.2. The largest absolute Gasteiger partial charge is 0.343 e. The molecule has 2 unspecified atom stereocenters. The van der Waals surface area contributed by atoms with E-state index in [-0.39, 0.29) is 29.8 Å². The van der Waals surface area contributed by atoms with Crippen LogP contribution in [-0.2, 0) is 9.59 Å². The fourth-order valence-electron chi connectivity index (χ4n) is 6.13. The summed E-state index contributed by atoms with van der Waals surface area (Å²) < 4.78 is 2.14. The lowest BCUT2D eigenvalue weighted by Gasteiger charge is -2.35. The lowest BCUT2D eigenvalue weighted by atomic mass is 9.83. The fourth-order valence-corrected chi connectivity index (χ4v) is 6.13. The van der Waals surface area contributed by atoms with E-state index < -0.39 is 6.04 Å². The van der Waals surface area contributed by atoms with Gasteiger partial charge >= 0.3 is 0 Å². The number of hydrogen-bond acceptors (Lipinski definition) is 4. The minimum atomic E-state index is -0.471. The summed E-state index contributed by atoms with van der Waals surface area (Å²) in [5, 5.41) is 7.36. The fraction of sp³-hybridized carbons (Fsp3) is 0.500. The van der Waals surface area contributed by atoms with E-state index in [1.165, 1.54) is 17.4 Å². The van der Waals surface area contributed by atoms with Gasteiger partial charge in [0.15, 0.2) is 0 Å². The first-order valence-electron chi connectivity index (χ1n) is 13.8. The average Bonchev–Trinajstić information content (AvgIpc) is 3.57. The van der Waals surface area contributed by atoms with E-state index >= 15 is 0 Å². The molecule has 5 rings (SSSR count). The Morgan fingerprint density at radius 1 is 1.05 bits per heavy atom. The van der Waals surface area contributed by atoms with Crippen LogP contribution in [0.25, 0.3) is 16.7 Å². The van der Waals surface area contributed by atoms with Crippen LogP contribution in [0, 0.1) is 12.8 Å². The van der Waals surface area contributed by atoms with Crippen molar-refractivity contribution in [2.45, 2.75) is 76.9 Å². The van der Waals surface area contributed by atoms with Crippen molar-refractivity contribution in [1.82, 2.24) is 25.1 Å². The highest BCUT2D eigenvalue weighted by Crippen LogP contribution is 2.36. The molecule has 1 saturated heterocycles. The molecular formula is C30H39N5O2. The number of likely N-dealkylation sites (tertiary alicyclic amines) is 1. The molecule has 3 aromatic rings. The Kier molecular flexibility index (Phi) is 7.60. The van der Waals surface area contributed by atoms with Crippen molar-refractivity contribution in [1.29, 1.82) is 0 Å². The van der Waals surface area contributed by atoms with Crippen LogP contribution in [0.1, 0.15) is 69.0 Å². The van der Waals surface area contributed by atoms with E-state index in [0.717, 1.165) is 55.4 Å². The molecule has 2 amide bonds. The third kappa shape index (κ3) is 5.14. The molecule has 3 heterocycles. The molecule has 2 fully saturated rings. The lowest BCUT2D eigenvalue weighted by molar-refractivity contribution is -0.139. The lowest BCUT2D eigenvalue weighted by Crippen LogP contribution is -2.55. The van der Waals surface area contributed by atoms with Gasteiger partial charge in [0.1, 0.15) is 11.9 Å². The Morgan fingerprint density at radius 2 is 1.84 bits per heavy atom. The summed E-state index contributed by atoms with van der Waals surface area (Å²) in [5.41, 5.74) is 3.44. The summed E-state index contributed by atoms with van der Waals surface area (Å²) >= 11 is 0. The van der Waals surface area contributed by atoms with Gasteiger partial charge in [0, 0.05) is 24.3 Å². The minimum Gasteiger partial charge on any atom is -0.343 e. The standard InChI is InChI=1S/C30H39N5O2/c1-20-19-35(26-13-8-7-12-24(20)26)27-18-23(15-16-32-27)25-14-9-17-34(25)30(37)28(22-10-5-4-6-11-22)33-29(36)21(2)31-3/h7-8,12-13,15-16,18-19,21-22,25,28,31H,4-6,9-11,14,17H2,1-3H3,(H,33,36)/t21?,25?,28-/m0/s1. The maximum Gasteiger partial charge on any atom is 0.245 e. The Balaban J connectivity index is 1.43. The van der Waals surface area contributed by atoms with Crippen molar-refractivity contribution < 1.29 is 9.59 Å². The molecule has 3 atom stereocenters. The van der Waals surface area contributed by atoms with Crippen molar-refractivity contribution in [3.05, 3.63) is 59.9 Å². The number of aryl methyl sites for hydroxylation is 1. The number of carbonyl (C=O) groups is 2. The molecule has 0 radical (unpaired) electrons. The Labute approximate surface area is 219 Å². The van der Waals surface area contributed by atoms with Gasteiger partial charge in [0.2, 0.25) is 11.8 Å². The van der Waals surface area contributed by atoms with Gasteiger partial charge in [-0.05, 0) is 81.8 Å². The molecule has 2 aromatic heterocycles. The number of carbonyl (C=O) groups excluding carboxylic acids is 2. The van der Waals surface area contributed by atoms with E-state index in [2.05, 4.69) is 57.6 Å². The normalized spacial score (nSPS) is 20.2. The molecule has 7 nitrogen and oxygen atoms in total. The molecule has 1 saturated carbocycles. The SMILES string of the molecule is CNC(C)C(=O)N[C@H](C(=O)N1CCCC1c1ccnc(-n2cc(C)c3ccccc32)c1)C1CCCCC1. The quantitative estimate of drug-likeness (QED) is 0.493. The van der Waals surface area contributed by atoms with Crippen LogP contribution < -0.4 is 10.6 Å². The number of pyridine rings is 1. The topological polar surface area (TPSA) is 79.3 Å². The summed E-state index contributed by atoms with van der Waals surface area (Å²) in [4.78, 5) is 33.6. The molecular weight excluding hydrogens is 462 g/mol. The van der Waals surface area contributed by atoms with Crippen molar-refractivity contribution in [3.63, 3.8) is 0 Å². The second-order valence-electron chi connectivity index (χ2n) is 10.7. The predicted octanol–water partition coefficient (Wildman–Crippen LogP) is 4.67. The van der Waals surface area contributed by atoms with E-state index in [4.69, 9.17) is 0 Å². The van der Waals surface area contributed by atoms with Gasteiger partial charge in [0.05, 0.1) is 17.6 Å². The summed E-state index contributed by atoms with van der Waals surface area (Å²) in [6.07, 6.45) is 11.3. The number of rotatable bonds is 7. The van der Waals surface area contributed by atoms with E-state index in [0.29, 0.717) is 6.54 Å². The highest BCUT2D eigenvalue weighted by Gasteiger charge is 2.39. The highest BCUT2D eigenvalue weighted by molar-refractivity contribution is 5.90. The number of likely N-dealkylation sites (N-methyl/N-ethyl adjacent to an activating group) is 1. The number of aromatic nitrogens is 2. The highest BCUT2D eigenvalue weighted by atomic mass is 16.2. The third-order valence-electron chi connectivity index (χ3n) is 8.36. The smallest absolute Gasteiger partial charge is 0.245 e. The van der Waals surface area contributed by atoms with Crippen LogP contribution in [0.2, 0.25) is 0 Å². The van der Waals surface area contributed by atoms with Crippen molar-refractivity contribution in [3.8, 4) is 5.82 Å². The molecule has 1 aliphatic carbocycles. The first-order valence-corrected chi connectivity index (χ1v) is 13.8. The zero-order valence-corrected chi connectivity index (χ0v) is 22.2. The Hall–Kier alpha value is -3.19.